The summed E-state index contributed by atoms with van der Waals surface area (Å²) in [6, 6.07) is 10.2. The fourth-order valence-electron chi connectivity index (χ4n) is 3.45. The second kappa shape index (κ2) is 10.1. The van der Waals surface area contributed by atoms with Crippen LogP contribution in [0, 0.1) is 5.82 Å². The highest BCUT2D eigenvalue weighted by Gasteiger charge is 2.31. The Morgan fingerprint density at radius 2 is 1.70 bits per heavy atom. The molecule has 1 saturated heterocycles. The average Bonchev–Trinajstić information content (AvgIpc) is 2.74. The summed E-state index contributed by atoms with van der Waals surface area (Å²) in [5.41, 5.74) is 0.700. The minimum Gasteiger partial charge on any atom is -0.406 e. The van der Waals surface area contributed by atoms with Crippen molar-refractivity contribution in [3.63, 3.8) is 0 Å². The quantitative estimate of drug-likeness (QED) is 0.560. The van der Waals surface area contributed by atoms with Crippen molar-refractivity contribution in [2.45, 2.75) is 17.8 Å². The predicted molar refractivity (Wildman–Crippen MR) is 111 cm³/mol. The van der Waals surface area contributed by atoms with E-state index in [2.05, 4.69) is 4.74 Å². The Bertz CT molecular complexity index is 1070. The topological polar surface area (TPSA) is 70.2 Å². The zero-order chi connectivity index (χ0) is 24.2. The lowest BCUT2D eigenvalue weighted by molar-refractivity contribution is -0.274. The first-order valence-corrected chi connectivity index (χ1v) is 11.4. The summed E-state index contributed by atoms with van der Waals surface area (Å²) < 4.78 is 80.5. The first-order chi connectivity index (χ1) is 15.4. The summed E-state index contributed by atoms with van der Waals surface area (Å²) in [7, 11) is -2.15. The van der Waals surface area contributed by atoms with Crippen LogP contribution in [0.1, 0.15) is 5.56 Å². The first-order valence-electron chi connectivity index (χ1n) is 10.0. The smallest absolute Gasteiger partial charge is 0.406 e. The molecule has 1 aliphatic rings. The van der Waals surface area contributed by atoms with Crippen molar-refractivity contribution >= 4 is 15.9 Å². The van der Waals surface area contributed by atoms with Gasteiger partial charge in [0.05, 0.1) is 11.4 Å². The summed E-state index contributed by atoms with van der Waals surface area (Å²) in [5, 5.41) is 0. The fourth-order valence-corrected chi connectivity index (χ4v) is 4.90. The van der Waals surface area contributed by atoms with E-state index < -0.39 is 22.2 Å². The van der Waals surface area contributed by atoms with Gasteiger partial charge in [0, 0.05) is 32.7 Å². The molecular weight excluding hydrogens is 466 g/mol. The molecule has 12 heteroatoms. The molecule has 2 aromatic rings. The zero-order valence-electron chi connectivity index (χ0n) is 17.8. The highest BCUT2D eigenvalue weighted by atomic mass is 32.2. The van der Waals surface area contributed by atoms with Crippen molar-refractivity contribution in [2.75, 3.05) is 39.8 Å². The van der Waals surface area contributed by atoms with Crippen LogP contribution in [0.3, 0.4) is 0 Å². The molecule has 0 spiro atoms. The number of piperazine rings is 1. The third kappa shape index (κ3) is 6.89. The van der Waals surface area contributed by atoms with Crippen LogP contribution in [0.4, 0.5) is 17.6 Å². The third-order valence-corrected chi connectivity index (χ3v) is 6.93. The number of halogens is 4. The molecule has 3 rings (SSSR count). The van der Waals surface area contributed by atoms with Gasteiger partial charge < -0.3 is 9.64 Å². The normalized spacial score (nSPS) is 15.6. The molecule has 1 amide bonds. The van der Waals surface area contributed by atoms with Gasteiger partial charge >= 0.3 is 6.36 Å². The number of hydrogen-bond donors (Lipinski definition) is 0. The largest absolute Gasteiger partial charge is 0.573 e. The molecular formula is C21H23F4N3O4S. The third-order valence-electron chi connectivity index (χ3n) is 5.04. The number of likely N-dealkylation sites (N-methyl/N-ethyl adjacent to an activating group) is 1. The van der Waals surface area contributed by atoms with Crippen LogP contribution in [0.5, 0.6) is 5.75 Å². The Kier molecular flexibility index (Phi) is 7.60. The maximum atomic E-state index is 13.4. The second-order valence-electron chi connectivity index (χ2n) is 7.61. The number of ether oxygens (including phenoxy) is 1. The van der Waals surface area contributed by atoms with E-state index >= 15 is 0 Å². The summed E-state index contributed by atoms with van der Waals surface area (Å²) in [6.07, 6.45) is -4.76. The van der Waals surface area contributed by atoms with E-state index in [9.17, 15) is 30.8 Å². The van der Waals surface area contributed by atoms with Crippen LogP contribution < -0.4 is 4.74 Å². The van der Waals surface area contributed by atoms with Gasteiger partial charge in [-0.2, -0.15) is 4.31 Å². The Balaban J connectivity index is 1.49. The van der Waals surface area contributed by atoms with Crippen LogP contribution >= 0.6 is 0 Å². The lowest BCUT2D eigenvalue weighted by Crippen LogP contribution is -2.52. The molecule has 1 heterocycles. The molecule has 0 saturated carbocycles. The average molecular weight is 489 g/mol. The van der Waals surface area contributed by atoms with Crippen molar-refractivity contribution in [2.24, 2.45) is 0 Å². The van der Waals surface area contributed by atoms with Crippen molar-refractivity contribution < 1.29 is 35.5 Å². The van der Waals surface area contributed by atoms with Gasteiger partial charge in [-0.25, -0.2) is 12.8 Å². The molecule has 0 aliphatic carbocycles. The van der Waals surface area contributed by atoms with Gasteiger partial charge in [0.25, 0.3) is 0 Å². The van der Waals surface area contributed by atoms with Crippen LogP contribution in [0.25, 0.3) is 0 Å². The van der Waals surface area contributed by atoms with Crippen LogP contribution in [0.2, 0.25) is 0 Å². The van der Waals surface area contributed by atoms with Crippen LogP contribution in [0.15, 0.2) is 53.4 Å². The van der Waals surface area contributed by atoms with E-state index in [1.54, 1.807) is 16.8 Å². The van der Waals surface area contributed by atoms with Crippen molar-refractivity contribution in [1.82, 2.24) is 14.1 Å². The van der Waals surface area contributed by atoms with Gasteiger partial charge in [0.15, 0.2) is 0 Å². The van der Waals surface area contributed by atoms with E-state index in [0.29, 0.717) is 12.1 Å². The van der Waals surface area contributed by atoms with Gasteiger partial charge in [-0.05, 0) is 42.9 Å². The first kappa shape index (κ1) is 24.9. The predicted octanol–water partition coefficient (Wildman–Crippen LogP) is 2.69. The second-order valence-corrected chi connectivity index (χ2v) is 9.54. The number of amides is 1. The van der Waals surface area contributed by atoms with Crippen LogP contribution in [-0.2, 0) is 21.4 Å². The molecule has 33 heavy (non-hydrogen) atoms. The molecule has 0 unspecified atom stereocenters. The SMILES string of the molecule is CN(CC(=O)N1CCN(S(=O)(=O)c2cccc(F)c2)CC1)Cc1ccc(OC(F)(F)F)cc1. The maximum absolute atomic E-state index is 13.4. The number of hydrogen-bond acceptors (Lipinski definition) is 5. The molecule has 180 valence electrons. The van der Waals surface area contributed by atoms with E-state index in [4.69, 9.17) is 0 Å². The van der Waals surface area contributed by atoms with Gasteiger partial charge in [0.1, 0.15) is 11.6 Å². The van der Waals surface area contributed by atoms with Gasteiger partial charge in [-0.15, -0.1) is 13.2 Å². The maximum Gasteiger partial charge on any atom is 0.573 e. The molecule has 0 radical (unpaired) electrons. The molecule has 0 aromatic heterocycles. The number of carbonyl (C=O) groups is 1. The number of alkyl halides is 3. The van der Waals surface area contributed by atoms with Crippen molar-refractivity contribution in [3.8, 4) is 5.75 Å². The minimum atomic E-state index is -4.76. The van der Waals surface area contributed by atoms with E-state index in [0.717, 1.165) is 12.1 Å². The van der Waals surface area contributed by atoms with Gasteiger partial charge in [-0.1, -0.05) is 18.2 Å². The summed E-state index contributed by atoms with van der Waals surface area (Å²) in [5.74, 6) is -1.16. The molecule has 0 bridgehead atoms. The number of rotatable bonds is 7. The summed E-state index contributed by atoms with van der Waals surface area (Å²) in [6.45, 7) is 0.961. The highest BCUT2D eigenvalue weighted by Crippen LogP contribution is 2.23. The molecule has 1 aliphatic heterocycles. The van der Waals surface area contributed by atoms with Gasteiger partial charge in [-0.3, -0.25) is 9.69 Å². The van der Waals surface area contributed by atoms with Gasteiger partial charge in [0.2, 0.25) is 15.9 Å². The number of sulfonamides is 1. The molecule has 1 fully saturated rings. The number of benzene rings is 2. The summed E-state index contributed by atoms with van der Waals surface area (Å²) >= 11 is 0. The molecule has 7 nitrogen and oxygen atoms in total. The Hall–Kier alpha value is -2.70. The fraction of sp³-hybridized carbons (Fsp3) is 0.381. The molecule has 2 aromatic carbocycles. The van der Waals surface area contributed by atoms with E-state index in [1.807, 2.05) is 0 Å². The van der Waals surface area contributed by atoms with E-state index in [1.165, 1.54) is 40.7 Å². The van der Waals surface area contributed by atoms with E-state index in [-0.39, 0.29) is 49.3 Å². The molecule has 0 atom stereocenters. The van der Waals surface area contributed by atoms with Crippen LogP contribution in [-0.4, -0.2) is 74.6 Å². The zero-order valence-corrected chi connectivity index (χ0v) is 18.6. The lowest BCUT2D eigenvalue weighted by Gasteiger charge is -2.34. The van der Waals surface area contributed by atoms with Crippen molar-refractivity contribution in [3.05, 3.63) is 59.9 Å². The Morgan fingerprint density at radius 3 is 2.27 bits per heavy atom. The number of carbonyl (C=O) groups excluding carboxylic acids is 1. The van der Waals surface area contributed by atoms with Crippen molar-refractivity contribution in [1.29, 1.82) is 0 Å². The Morgan fingerprint density at radius 1 is 1.06 bits per heavy atom. The number of nitrogens with zero attached hydrogens (tertiary/aromatic N) is 3. The highest BCUT2D eigenvalue weighted by molar-refractivity contribution is 7.89. The Labute approximate surface area is 189 Å². The monoisotopic (exact) mass is 489 g/mol. The summed E-state index contributed by atoms with van der Waals surface area (Å²) in [4.78, 5) is 15.7. The molecule has 0 N–H and O–H groups in total. The standard InChI is InChI=1S/C21H23F4N3O4S/c1-26(14-16-5-7-18(8-6-16)32-21(23,24)25)15-20(29)27-9-11-28(12-10-27)33(30,31)19-4-2-3-17(22)13-19/h2-8,13H,9-12,14-15H2,1H3. The minimum absolute atomic E-state index is 0.0530. The lowest BCUT2D eigenvalue weighted by atomic mass is 10.2.